The van der Waals surface area contributed by atoms with Crippen LogP contribution in [0.4, 0.5) is 5.95 Å². The van der Waals surface area contributed by atoms with Gasteiger partial charge >= 0.3 is 0 Å². The van der Waals surface area contributed by atoms with Gasteiger partial charge < -0.3 is 9.88 Å². The molecule has 21 heavy (non-hydrogen) atoms. The van der Waals surface area contributed by atoms with Crippen molar-refractivity contribution in [3.05, 3.63) is 48.3 Å². The van der Waals surface area contributed by atoms with E-state index in [1.54, 1.807) is 6.20 Å². The van der Waals surface area contributed by atoms with E-state index in [9.17, 15) is 4.79 Å². The minimum absolute atomic E-state index is 0. The maximum Gasteiger partial charge on any atom is 0.226 e. The van der Waals surface area contributed by atoms with Crippen molar-refractivity contribution in [1.29, 1.82) is 0 Å². The molecule has 0 unspecified atom stereocenters. The highest BCUT2D eigenvalue weighted by Crippen LogP contribution is 2.09. The van der Waals surface area contributed by atoms with E-state index in [-0.39, 0.29) is 18.3 Å². The summed E-state index contributed by atoms with van der Waals surface area (Å²) in [5, 5.41) is 5.88. The Hall–Kier alpha value is -1.85. The van der Waals surface area contributed by atoms with Gasteiger partial charge in [-0.2, -0.15) is 0 Å². The van der Waals surface area contributed by atoms with Crippen molar-refractivity contribution in [2.75, 3.05) is 18.9 Å². The van der Waals surface area contributed by atoms with Crippen LogP contribution in [0.3, 0.4) is 0 Å². The topological polar surface area (TPSA) is 59.0 Å². The molecule has 2 aromatic rings. The number of aromatic nitrogens is 2. The molecule has 1 aromatic carbocycles. The summed E-state index contributed by atoms with van der Waals surface area (Å²) in [5.41, 5.74) is 1.18. The van der Waals surface area contributed by atoms with E-state index < -0.39 is 0 Å². The predicted octanol–water partition coefficient (Wildman–Crippen LogP) is 2.29. The molecule has 1 aromatic heterocycles. The quantitative estimate of drug-likeness (QED) is 0.772. The van der Waals surface area contributed by atoms with Crippen LogP contribution < -0.4 is 10.6 Å². The number of carbonyl (C=O) groups excluding carboxylic acids is 1. The summed E-state index contributed by atoms with van der Waals surface area (Å²) in [5.74, 6) is 0.601. The van der Waals surface area contributed by atoms with Gasteiger partial charge in [0.1, 0.15) is 0 Å². The fraction of sp³-hybridized carbons (Fsp3) is 0.333. The van der Waals surface area contributed by atoms with E-state index in [0.717, 1.165) is 13.0 Å². The molecule has 0 saturated carbocycles. The second-order valence-electron chi connectivity index (χ2n) is 4.62. The number of anilines is 1. The smallest absolute Gasteiger partial charge is 0.226 e. The molecule has 0 aliphatic carbocycles. The lowest BCUT2D eigenvalue weighted by atomic mass is 10.2. The van der Waals surface area contributed by atoms with Gasteiger partial charge in [-0.15, -0.1) is 12.4 Å². The van der Waals surface area contributed by atoms with Gasteiger partial charge in [0.15, 0.2) is 0 Å². The fourth-order valence-corrected chi connectivity index (χ4v) is 1.95. The molecule has 0 atom stereocenters. The number of amides is 1. The van der Waals surface area contributed by atoms with Crippen LogP contribution in [0.5, 0.6) is 0 Å². The molecule has 1 heterocycles. The average Bonchev–Trinajstić information content (AvgIpc) is 2.87. The van der Waals surface area contributed by atoms with Crippen LogP contribution in [0.25, 0.3) is 0 Å². The lowest BCUT2D eigenvalue weighted by Gasteiger charge is -2.09. The van der Waals surface area contributed by atoms with Gasteiger partial charge in [-0.3, -0.25) is 10.1 Å². The zero-order chi connectivity index (χ0) is 14.2. The average molecular weight is 309 g/mol. The minimum atomic E-state index is 0. The van der Waals surface area contributed by atoms with Crippen molar-refractivity contribution in [3.63, 3.8) is 0 Å². The summed E-state index contributed by atoms with van der Waals surface area (Å²) in [7, 11) is 1.88. The van der Waals surface area contributed by atoms with Crippen molar-refractivity contribution in [1.82, 2.24) is 14.9 Å². The molecule has 5 nitrogen and oxygen atoms in total. The first-order valence-corrected chi connectivity index (χ1v) is 6.79. The Morgan fingerprint density at radius 3 is 2.76 bits per heavy atom. The Bertz CT molecular complexity index is 542. The summed E-state index contributed by atoms with van der Waals surface area (Å²) in [4.78, 5) is 16.0. The van der Waals surface area contributed by atoms with Crippen LogP contribution >= 0.6 is 12.4 Å². The number of carbonyl (C=O) groups is 1. The highest BCUT2D eigenvalue weighted by molar-refractivity contribution is 5.89. The molecule has 0 radical (unpaired) electrons. The van der Waals surface area contributed by atoms with E-state index >= 15 is 0 Å². The normalized spacial score (nSPS) is 9.95. The molecule has 0 saturated heterocycles. The largest absolute Gasteiger partial charge is 0.320 e. The molecule has 0 aliphatic rings. The third-order valence-electron chi connectivity index (χ3n) is 2.99. The summed E-state index contributed by atoms with van der Waals surface area (Å²) in [6.45, 7) is 1.54. The SMILES string of the molecule is CNCCCC(=O)Nc1nccn1Cc1ccccc1.Cl. The molecule has 114 valence electrons. The first-order chi connectivity index (χ1) is 9.79. The van der Waals surface area contributed by atoms with E-state index in [2.05, 4.69) is 27.8 Å². The van der Waals surface area contributed by atoms with E-state index in [1.165, 1.54) is 5.56 Å². The lowest BCUT2D eigenvalue weighted by Crippen LogP contribution is -2.18. The Morgan fingerprint density at radius 1 is 1.29 bits per heavy atom. The van der Waals surface area contributed by atoms with E-state index in [1.807, 2.05) is 36.0 Å². The Labute approximate surface area is 131 Å². The molecule has 0 fully saturated rings. The standard InChI is InChI=1S/C15H20N4O.ClH/c1-16-9-5-8-14(20)18-15-17-10-11-19(15)12-13-6-3-2-4-7-13;/h2-4,6-7,10-11,16H,5,8-9,12H2,1H3,(H,17,18,20);1H. The maximum atomic E-state index is 11.8. The van der Waals surface area contributed by atoms with Gasteiger partial charge in [0.2, 0.25) is 11.9 Å². The number of nitrogens with zero attached hydrogens (tertiary/aromatic N) is 2. The van der Waals surface area contributed by atoms with Crippen molar-refractivity contribution in [2.45, 2.75) is 19.4 Å². The van der Waals surface area contributed by atoms with Crippen molar-refractivity contribution < 1.29 is 4.79 Å². The number of rotatable bonds is 7. The van der Waals surface area contributed by atoms with Crippen LogP contribution in [0.1, 0.15) is 18.4 Å². The highest BCUT2D eigenvalue weighted by atomic mass is 35.5. The first-order valence-electron chi connectivity index (χ1n) is 6.79. The van der Waals surface area contributed by atoms with E-state index in [4.69, 9.17) is 0 Å². The maximum absolute atomic E-state index is 11.8. The van der Waals surface area contributed by atoms with Crippen molar-refractivity contribution in [3.8, 4) is 0 Å². The third-order valence-corrected chi connectivity index (χ3v) is 2.99. The molecule has 2 N–H and O–H groups in total. The van der Waals surface area contributed by atoms with Crippen LogP contribution in [-0.2, 0) is 11.3 Å². The molecule has 6 heteroatoms. The first kappa shape index (κ1) is 17.2. The second kappa shape index (κ2) is 9.15. The molecule has 0 bridgehead atoms. The van der Waals surface area contributed by atoms with Gasteiger partial charge in [-0.1, -0.05) is 30.3 Å². The molecule has 2 rings (SSSR count). The van der Waals surface area contributed by atoms with Crippen LogP contribution in [0, 0.1) is 0 Å². The lowest BCUT2D eigenvalue weighted by molar-refractivity contribution is -0.116. The van der Waals surface area contributed by atoms with Gasteiger partial charge in [0.25, 0.3) is 0 Å². The predicted molar refractivity (Wildman–Crippen MR) is 86.8 cm³/mol. The molecule has 0 spiro atoms. The fourth-order valence-electron chi connectivity index (χ4n) is 1.95. The summed E-state index contributed by atoms with van der Waals surface area (Å²) in [6, 6.07) is 10.1. The number of hydrogen-bond donors (Lipinski definition) is 2. The number of halogens is 1. The van der Waals surface area contributed by atoms with Crippen molar-refractivity contribution in [2.24, 2.45) is 0 Å². The van der Waals surface area contributed by atoms with Gasteiger partial charge in [-0.05, 0) is 25.6 Å². The van der Waals surface area contributed by atoms with Crippen LogP contribution in [-0.4, -0.2) is 29.1 Å². The summed E-state index contributed by atoms with van der Waals surface area (Å²) >= 11 is 0. The van der Waals surface area contributed by atoms with Crippen LogP contribution in [0.2, 0.25) is 0 Å². The zero-order valence-corrected chi connectivity index (χ0v) is 12.9. The number of nitrogens with one attached hydrogen (secondary N) is 2. The molecule has 1 amide bonds. The van der Waals surface area contributed by atoms with Crippen molar-refractivity contribution >= 4 is 24.3 Å². The number of imidazole rings is 1. The van der Waals surface area contributed by atoms with Gasteiger partial charge in [0, 0.05) is 18.8 Å². The molecular weight excluding hydrogens is 288 g/mol. The minimum Gasteiger partial charge on any atom is -0.320 e. The second-order valence-corrected chi connectivity index (χ2v) is 4.62. The molecule has 0 aliphatic heterocycles. The third kappa shape index (κ3) is 5.57. The number of hydrogen-bond acceptors (Lipinski definition) is 3. The highest BCUT2D eigenvalue weighted by Gasteiger charge is 2.07. The van der Waals surface area contributed by atoms with Gasteiger partial charge in [-0.25, -0.2) is 4.98 Å². The summed E-state index contributed by atoms with van der Waals surface area (Å²) in [6.07, 6.45) is 4.89. The van der Waals surface area contributed by atoms with Gasteiger partial charge in [0.05, 0.1) is 6.54 Å². The zero-order valence-electron chi connectivity index (χ0n) is 12.1. The summed E-state index contributed by atoms with van der Waals surface area (Å²) < 4.78 is 1.94. The van der Waals surface area contributed by atoms with E-state index in [0.29, 0.717) is 18.9 Å². The Kier molecular flexibility index (Phi) is 7.50. The monoisotopic (exact) mass is 308 g/mol. The number of benzene rings is 1. The molecular formula is C15H21ClN4O. The Balaban J connectivity index is 0.00000220. The van der Waals surface area contributed by atoms with Crippen LogP contribution in [0.15, 0.2) is 42.7 Å². The Morgan fingerprint density at radius 2 is 2.05 bits per heavy atom.